The van der Waals surface area contributed by atoms with E-state index in [4.69, 9.17) is 0 Å². The minimum Gasteiger partial charge on any atom is -0.356 e. The van der Waals surface area contributed by atoms with Gasteiger partial charge in [-0.25, -0.2) is 4.39 Å². The Hall–Kier alpha value is -1.71. The van der Waals surface area contributed by atoms with E-state index >= 15 is 0 Å². The lowest BCUT2D eigenvalue weighted by Gasteiger charge is -2.25. The highest BCUT2D eigenvalue weighted by molar-refractivity contribution is 14.0. The summed E-state index contributed by atoms with van der Waals surface area (Å²) in [5, 5.41) is 6.70. The second-order valence-electron chi connectivity index (χ2n) is 8.05. The van der Waals surface area contributed by atoms with Gasteiger partial charge in [-0.05, 0) is 57.7 Å². The first-order valence-electron chi connectivity index (χ1n) is 10.5. The maximum Gasteiger partial charge on any atom is 0.191 e. The lowest BCUT2D eigenvalue weighted by Crippen LogP contribution is -2.39. The number of nitrogens with one attached hydrogen (secondary N) is 2. The number of benzene rings is 2. The molecule has 0 aliphatic carbocycles. The van der Waals surface area contributed by atoms with Crippen LogP contribution in [-0.2, 0) is 19.6 Å². The molecule has 0 heterocycles. The number of rotatable bonds is 10. The van der Waals surface area contributed by atoms with E-state index in [1.54, 1.807) is 7.05 Å². The molecule has 1 atom stereocenters. The van der Waals surface area contributed by atoms with Gasteiger partial charge >= 0.3 is 0 Å². The quantitative estimate of drug-likeness (QED) is 0.270. The van der Waals surface area contributed by atoms with E-state index in [1.165, 1.54) is 11.6 Å². The standard InChI is InChI=1S/C24H36FN5.HI/c1-19(30(5)17-20-9-7-6-8-10-20)13-14-27-24(26-2)28-16-21-11-12-23(25)22(15-21)18-29(3)4;/h6-12,15,19H,13-14,16-18H2,1-5H3,(H2,26,27,28);1H. The molecule has 0 spiro atoms. The van der Waals surface area contributed by atoms with Gasteiger partial charge in [0.2, 0.25) is 0 Å². The minimum absolute atomic E-state index is 0. The Morgan fingerprint density at radius 2 is 1.71 bits per heavy atom. The number of guanidine groups is 1. The van der Waals surface area contributed by atoms with Crippen molar-refractivity contribution in [2.45, 2.75) is 39.0 Å². The highest BCUT2D eigenvalue weighted by Gasteiger charge is 2.10. The summed E-state index contributed by atoms with van der Waals surface area (Å²) in [5.74, 6) is 0.593. The Kier molecular flexibility index (Phi) is 12.7. The highest BCUT2D eigenvalue weighted by atomic mass is 127. The van der Waals surface area contributed by atoms with Crippen molar-refractivity contribution in [1.82, 2.24) is 20.4 Å². The van der Waals surface area contributed by atoms with Crippen LogP contribution in [0.5, 0.6) is 0 Å². The van der Waals surface area contributed by atoms with Crippen LogP contribution in [0.3, 0.4) is 0 Å². The lowest BCUT2D eigenvalue weighted by molar-refractivity contribution is 0.238. The SMILES string of the molecule is CN=C(NCCC(C)N(C)Cc1ccccc1)NCc1ccc(F)c(CN(C)C)c1.I. The van der Waals surface area contributed by atoms with Gasteiger partial charge in [-0.1, -0.05) is 36.4 Å². The first-order chi connectivity index (χ1) is 14.4. The van der Waals surface area contributed by atoms with Crippen LogP contribution in [0.1, 0.15) is 30.0 Å². The van der Waals surface area contributed by atoms with Crippen molar-refractivity contribution in [3.05, 3.63) is 71.0 Å². The van der Waals surface area contributed by atoms with E-state index in [-0.39, 0.29) is 29.8 Å². The topological polar surface area (TPSA) is 42.9 Å². The molecule has 1 unspecified atom stereocenters. The molecule has 0 radical (unpaired) electrons. The molecule has 0 aliphatic heterocycles. The smallest absolute Gasteiger partial charge is 0.191 e. The summed E-state index contributed by atoms with van der Waals surface area (Å²) in [6, 6.07) is 16.2. The van der Waals surface area contributed by atoms with Crippen LogP contribution in [0.15, 0.2) is 53.5 Å². The fourth-order valence-corrected chi connectivity index (χ4v) is 3.25. The van der Waals surface area contributed by atoms with Crippen molar-refractivity contribution in [1.29, 1.82) is 0 Å². The van der Waals surface area contributed by atoms with Gasteiger partial charge in [0, 0.05) is 44.8 Å². The first kappa shape index (κ1) is 27.3. The zero-order valence-corrected chi connectivity index (χ0v) is 21.7. The average Bonchev–Trinajstić information content (AvgIpc) is 2.72. The van der Waals surface area contributed by atoms with Crippen molar-refractivity contribution in [3.8, 4) is 0 Å². The summed E-state index contributed by atoms with van der Waals surface area (Å²) < 4.78 is 14.0. The highest BCUT2D eigenvalue weighted by Crippen LogP contribution is 2.12. The van der Waals surface area contributed by atoms with E-state index in [9.17, 15) is 4.39 Å². The minimum atomic E-state index is -0.163. The van der Waals surface area contributed by atoms with E-state index < -0.39 is 0 Å². The Morgan fingerprint density at radius 3 is 2.35 bits per heavy atom. The normalized spacial score (nSPS) is 12.6. The molecule has 2 N–H and O–H groups in total. The number of hydrogen-bond acceptors (Lipinski definition) is 3. The number of halogens is 2. The Morgan fingerprint density at radius 1 is 1.00 bits per heavy atom. The van der Waals surface area contributed by atoms with E-state index in [0.29, 0.717) is 24.7 Å². The van der Waals surface area contributed by atoms with Crippen molar-refractivity contribution < 1.29 is 4.39 Å². The van der Waals surface area contributed by atoms with Gasteiger partial charge < -0.3 is 15.5 Å². The molecule has 0 saturated heterocycles. The van der Waals surface area contributed by atoms with E-state index in [1.807, 2.05) is 37.2 Å². The van der Waals surface area contributed by atoms with Crippen molar-refractivity contribution in [2.75, 3.05) is 34.7 Å². The molecule has 0 saturated carbocycles. The number of hydrogen-bond donors (Lipinski definition) is 2. The van der Waals surface area contributed by atoms with Gasteiger partial charge in [-0.3, -0.25) is 9.89 Å². The summed E-state index contributed by atoms with van der Waals surface area (Å²) in [6.07, 6.45) is 1.01. The zero-order chi connectivity index (χ0) is 21.9. The van der Waals surface area contributed by atoms with Gasteiger partial charge in [0.05, 0.1) is 0 Å². The van der Waals surface area contributed by atoms with Gasteiger partial charge in [0.15, 0.2) is 5.96 Å². The summed E-state index contributed by atoms with van der Waals surface area (Å²) >= 11 is 0. The molecule has 0 bridgehead atoms. The van der Waals surface area contributed by atoms with Gasteiger partial charge in [-0.15, -0.1) is 24.0 Å². The van der Waals surface area contributed by atoms with Crippen molar-refractivity contribution in [3.63, 3.8) is 0 Å². The molecule has 0 aromatic heterocycles. The Balaban J connectivity index is 0.00000480. The lowest BCUT2D eigenvalue weighted by atomic mass is 10.1. The second-order valence-corrected chi connectivity index (χ2v) is 8.05. The molecule has 2 aromatic rings. The van der Waals surface area contributed by atoms with Crippen molar-refractivity contribution >= 4 is 29.9 Å². The number of nitrogens with zero attached hydrogens (tertiary/aromatic N) is 3. The third-order valence-corrected chi connectivity index (χ3v) is 5.16. The molecule has 0 amide bonds. The van der Waals surface area contributed by atoms with Gasteiger partial charge in [0.25, 0.3) is 0 Å². The third kappa shape index (κ3) is 9.97. The fraction of sp³-hybridized carbons (Fsp3) is 0.458. The van der Waals surface area contributed by atoms with Crippen LogP contribution in [0, 0.1) is 5.82 Å². The molecule has 7 heteroatoms. The van der Waals surface area contributed by atoms with Crippen LogP contribution >= 0.6 is 24.0 Å². The van der Waals surface area contributed by atoms with Crippen LogP contribution in [-0.4, -0.2) is 56.5 Å². The van der Waals surface area contributed by atoms with Gasteiger partial charge in [0.1, 0.15) is 5.82 Å². The summed E-state index contributed by atoms with van der Waals surface area (Å²) in [6.45, 7) is 5.20. The molecular formula is C24H37FIN5. The number of aliphatic imine (C=N–C) groups is 1. The molecule has 2 aromatic carbocycles. The molecule has 2 rings (SSSR count). The predicted molar refractivity (Wildman–Crippen MR) is 139 cm³/mol. The Bertz CT molecular complexity index is 798. The third-order valence-electron chi connectivity index (χ3n) is 5.16. The largest absolute Gasteiger partial charge is 0.356 e. The maximum absolute atomic E-state index is 14.0. The van der Waals surface area contributed by atoms with E-state index in [0.717, 1.165) is 31.0 Å². The first-order valence-corrected chi connectivity index (χ1v) is 10.5. The van der Waals surface area contributed by atoms with Crippen LogP contribution in [0.25, 0.3) is 0 Å². The fourth-order valence-electron chi connectivity index (χ4n) is 3.25. The molecule has 31 heavy (non-hydrogen) atoms. The molecule has 0 aliphatic rings. The maximum atomic E-state index is 14.0. The summed E-state index contributed by atoms with van der Waals surface area (Å²) in [5.41, 5.74) is 3.06. The van der Waals surface area contributed by atoms with Crippen LogP contribution in [0.4, 0.5) is 4.39 Å². The summed E-state index contributed by atoms with van der Waals surface area (Å²) in [7, 11) is 7.80. The average molecular weight is 541 g/mol. The molecular weight excluding hydrogens is 504 g/mol. The molecule has 172 valence electrons. The Labute approximate surface area is 204 Å². The van der Waals surface area contributed by atoms with Gasteiger partial charge in [-0.2, -0.15) is 0 Å². The molecule has 5 nitrogen and oxygen atoms in total. The monoisotopic (exact) mass is 541 g/mol. The van der Waals surface area contributed by atoms with Crippen LogP contribution in [0.2, 0.25) is 0 Å². The predicted octanol–water partition coefficient (Wildman–Crippen LogP) is 4.08. The van der Waals surface area contributed by atoms with Crippen molar-refractivity contribution in [2.24, 2.45) is 4.99 Å². The molecule has 0 fully saturated rings. The second kappa shape index (κ2) is 14.4. The van der Waals surface area contributed by atoms with Crippen LogP contribution < -0.4 is 10.6 Å². The van der Waals surface area contributed by atoms with E-state index in [2.05, 4.69) is 58.8 Å². The zero-order valence-electron chi connectivity index (χ0n) is 19.4. The summed E-state index contributed by atoms with van der Waals surface area (Å²) in [4.78, 5) is 8.62.